The van der Waals surface area contributed by atoms with Crippen molar-refractivity contribution in [2.24, 2.45) is 11.8 Å². The minimum atomic E-state index is -0.233. The number of H-pyrrole nitrogens is 1. The van der Waals surface area contributed by atoms with E-state index in [2.05, 4.69) is 16.9 Å². The first kappa shape index (κ1) is 11.0. The van der Waals surface area contributed by atoms with E-state index in [9.17, 15) is 4.79 Å². The summed E-state index contributed by atoms with van der Waals surface area (Å²) >= 11 is 0. The minimum Gasteiger partial charge on any atom is -0.489 e. The molecule has 1 fully saturated rings. The Balaban J connectivity index is 2.18. The van der Waals surface area contributed by atoms with Crippen molar-refractivity contribution in [3.8, 4) is 5.75 Å². The lowest BCUT2D eigenvalue weighted by Gasteiger charge is -2.19. The summed E-state index contributed by atoms with van der Waals surface area (Å²) in [5, 5.41) is 0. The molecule has 16 heavy (non-hydrogen) atoms. The zero-order valence-electron chi connectivity index (χ0n) is 9.86. The number of aromatic amines is 1. The largest absolute Gasteiger partial charge is 0.489 e. The Kier molecular flexibility index (Phi) is 2.85. The van der Waals surface area contributed by atoms with Crippen LogP contribution in [-0.2, 0) is 0 Å². The summed E-state index contributed by atoms with van der Waals surface area (Å²) in [5.74, 6) is 2.41. The first-order valence-electron chi connectivity index (χ1n) is 5.46. The monoisotopic (exact) mass is 223 g/mol. The van der Waals surface area contributed by atoms with Crippen LogP contribution in [0, 0.1) is 11.8 Å². The predicted octanol–water partition coefficient (Wildman–Crippen LogP) is 0.871. The molecule has 1 N–H and O–H groups in total. The highest BCUT2D eigenvalue weighted by Crippen LogP contribution is 2.38. The molecule has 1 heterocycles. The van der Waals surface area contributed by atoms with Gasteiger partial charge < -0.3 is 14.6 Å². The molecule has 1 saturated carbocycles. The van der Waals surface area contributed by atoms with Crippen molar-refractivity contribution < 1.29 is 4.74 Å². The molecule has 0 aliphatic heterocycles. The number of methoxy groups -OCH3 is 1. The summed E-state index contributed by atoms with van der Waals surface area (Å²) in [6.07, 6.45) is 2.67. The van der Waals surface area contributed by atoms with Crippen LogP contribution in [0.5, 0.6) is 5.75 Å². The van der Waals surface area contributed by atoms with Gasteiger partial charge >= 0.3 is 0 Å². The first-order chi connectivity index (χ1) is 7.63. The van der Waals surface area contributed by atoms with Crippen LogP contribution in [0.2, 0.25) is 0 Å². The highest BCUT2D eigenvalue weighted by molar-refractivity contribution is 5.50. The molecule has 0 bridgehead atoms. The number of anilines is 1. The molecule has 0 saturated heterocycles. The number of hydrogen-bond donors (Lipinski definition) is 1. The van der Waals surface area contributed by atoms with Crippen LogP contribution in [0.4, 0.5) is 5.82 Å². The fourth-order valence-electron chi connectivity index (χ4n) is 1.93. The van der Waals surface area contributed by atoms with E-state index in [0.29, 0.717) is 11.6 Å². The van der Waals surface area contributed by atoms with E-state index in [1.807, 2.05) is 11.9 Å². The average molecular weight is 223 g/mol. The number of nitrogens with one attached hydrogen (secondary N) is 1. The SMILES string of the molecule is COc1c(N(C)CC2CC2C)nc[nH]c1=O. The van der Waals surface area contributed by atoms with E-state index in [1.165, 1.54) is 19.9 Å². The molecule has 5 heteroatoms. The third-order valence-electron chi connectivity index (χ3n) is 3.14. The molecule has 0 amide bonds. The van der Waals surface area contributed by atoms with Crippen molar-refractivity contribution in [2.75, 3.05) is 25.6 Å². The number of aromatic nitrogens is 2. The smallest absolute Gasteiger partial charge is 0.295 e. The van der Waals surface area contributed by atoms with Crippen LogP contribution >= 0.6 is 0 Å². The Bertz CT molecular complexity index is 429. The Labute approximate surface area is 94.5 Å². The van der Waals surface area contributed by atoms with Crippen molar-refractivity contribution >= 4 is 5.82 Å². The molecule has 0 aromatic carbocycles. The van der Waals surface area contributed by atoms with Gasteiger partial charge in [-0.2, -0.15) is 0 Å². The van der Waals surface area contributed by atoms with Crippen LogP contribution < -0.4 is 15.2 Å². The molecule has 1 aliphatic rings. The third kappa shape index (κ3) is 2.03. The summed E-state index contributed by atoms with van der Waals surface area (Å²) in [6.45, 7) is 3.16. The van der Waals surface area contributed by atoms with Crippen molar-refractivity contribution in [2.45, 2.75) is 13.3 Å². The summed E-state index contributed by atoms with van der Waals surface area (Å²) in [7, 11) is 3.43. The van der Waals surface area contributed by atoms with E-state index in [1.54, 1.807) is 0 Å². The number of rotatable bonds is 4. The van der Waals surface area contributed by atoms with Gasteiger partial charge in [-0.15, -0.1) is 0 Å². The second-order valence-corrected chi connectivity index (χ2v) is 4.44. The Morgan fingerprint density at radius 1 is 1.69 bits per heavy atom. The second kappa shape index (κ2) is 4.15. The van der Waals surface area contributed by atoms with Crippen LogP contribution in [0.25, 0.3) is 0 Å². The fraction of sp³-hybridized carbons (Fsp3) is 0.636. The molecule has 5 nitrogen and oxygen atoms in total. The van der Waals surface area contributed by atoms with Gasteiger partial charge in [0.1, 0.15) is 0 Å². The van der Waals surface area contributed by atoms with Gasteiger partial charge in [-0.1, -0.05) is 6.92 Å². The molecule has 88 valence electrons. The maximum absolute atomic E-state index is 11.5. The standard InChI is InChI=1S/C11H17N3O2/c1-7-4-8(7)5-14(2)10-9(16-3)11(15)13-6-12-10/h6-8H,4-5H2,1-3H3,(H,12,13,15). The van der Waals surface area contributed by atoms with Gasteiger partial charge in [0.05, 0.1) is 13.4 Å². The van der Waals surface area contributed by atoms with Crippen LogP contribution in [-0.4, -0.2) is 30.7 Å². The highest BCUT2D eigenvalue weighted by atomic mass is 16.5. The summed E-state index contributed by atoms with van der Waals surface area (Å²) in [5.41, 5.74) is -0.233. The quantitative estimate of drug-likeness (QED) is 0.823. The molecular formula is C11H17N3O2. The fourth-order valence-corrected chi connectivity index (χ4v) is 1.93. The molecule has 1 aromatic heterocycles. The lowest BCUT2D eigenvalue weighted by molar-refractivity contribution is 0.405. The average Bonchev–Trinajstić information content (AvgIpc) is 2.93. The van der Waals surface area contributed by atoms with E-state index in [4.69, 9.17) is 4.74 Å². The predicted molar refractivity (Wildman–Crippen MR) is 62.0 cm³/mol. The lowest BCUT2D eigenvalue weighted by atomic mass is 10.3. The number of hydrogen-bond acceptors (Lipinski definition) is 4. The molecule has 2 rings (SSSR count). The van der Waals surface area contributed by atoms with Crippen LogP contribution in [0.3, 0.4) is 0 Å². The Hall–Kier alpha value is -1.52. The minimum absolute atomic E-state index is 0.233. The van der Waals surface area contributed by atoms with Crippen LogP contribution in [0.1, 0.15) is 13.3 Å². The molecule has 1 aliphatic carbocycles. The molecule has 2 atom stereocenters. The highest BCUT2D eigenvalue weighted by Gasteiger charge is 2.34. The maximum Gasteiger partial charge on any atom is 0.295 e. The van der Waals surface area contributed by atoms with Crippen LogP contribution in [0.15, 0.2) is 11.1 Å². The van der Waals surface area contributed by atoms with Crippen molar-refractivity contribution in [3.63, 3.8) is 0 Å². The summed E-state index contributed by atoms with van der Waals surface area (Å²) in [4.78, 5) is 20.1. The Morgan fingerprint density at radius 3 is 2.94 bits per heavy atom. The van der Waals surface area contributed by atoms with Gasteiger partial charge in [0.2, 0.25) is 5.75 Å². The maximum atomic E-state index is 11.5. The zero-order chi connectivity index (χ0) is 11.7. The second-order valence-electron chi connectivity index (χ2n) is 4.44. The van der Waals surface area contributed by atoms with Crippen molar-refractivity contribution in [3.05, 3.63) is 16.7 Å². The van der Waals surface area contributed by atoms with E-state index < -0.39 is 0 Å². The van der Waals surface area contributed by atoms with Gasteiger partial charge in [-0.3, -0.25) is 4.79 Å². The summed E-state index contributed by atoms with van der Waals surface area (Å²) in [6, 6.07) is 0. The van der Waals surface area contributed by atoms with E-state index >= 15 is 0 Å². The molecule has 0 spiro atoms. The number of nitrogens with zero attached hydrogens (tertiary/aromatic N) is 2. The van der Waals surface area contributed by atoms with Gasteiger partial charge in [-0.05, 0) is 18.3 Å². The normalized spacial score (nSPS) is 22.9. The van der Waals surface area contributed by atoms with E-state index in [-0.39, 0.29) is 5.56 Å². The molecule has 1 aromatic rings. The lowest BCUT2D eigenvalue weighted by Crippen LogP contribution is -2.25. The van der Waals surface area contributed by atoms with Gasteiger partial charge in [0.15, 0.2) is 5.82 Å². The molecule has 0 radical (unpaired) electrons. The molecular weight excluding hydrogens is 206 g/mol. The van der Waals surface area contributed by atoms with Gasteiger partial charge in [0, 0.05) is 13.6 Å². The zero-order valence-corrected chi connectivity index (χ0v) is 9.86. The summed E-state index contributed by atoms with van der Waals surface area (Å²) < 4.78 is 5.08. The van der Waals surface area contributed by atoms with Crippen molar-refractivity contribution in [1.29, 1.82) is 0 Å². The number of ether oxygens (including phenoxy) is 1. The van der Waals surface area contributed by atoms with Gasteiger partial charge in [0.25, 0.3) is 5.56 Å². The topological polar surface area (TPSA) is 58.2 Å². The third-order valence-corrected chi connectivity index (χ3v) is 3.14. The van der Waals surface area contributed by atoms with Crippen molar-refractivity contribution in [1.82, 2.24) is 9.97 Å². The van der Waals surface area contributed by atoms with E-state index in [0.717, 1.165) is 18.4 Å². The first-order valence-corrected chi connectivity index (χ1v) is 5.46. The Morgan fingerprint density at radius 2 is 2.38 bits per heavy atom. The van der Waals surface area contributed by atoms with Gasteiger partial charge in [-0.25, -0.2) is 4.98 Å². The molecule has 2 unspecified atom stereocenters.